The van der Waals surface area contributed by atoms with Gasteiger partial charge in [0, 0.05) is 23.5 Å². The van der Waals surface area contributed by atoms with Gasteiger partial charge in [0.15, 0.2) is 11.5 Å². The number of ether oxygens (including phenoxy) is 2. The molecule has 1 atom stereocenters. The van der Waals surface area contributed by atoms with E-state index in [1.54, 1.807) is 18.2 Å². The molecule has 6 nitrogen and oxygen atoms in total. The van der Waals surface area contributed by atoms with Crippen LogP contribution in [0.3, 0.4) is 0 Å². The molecule has 1 amide bonds. The van der Waals surface area contributed by atoms with Crippen molar-refractivity contribution in [3.8, 4) is 11.5 Å². The molecule has 1 N–H and O–H groups in total. The third-order valence-corrected chi connectivity index (χ3v) is 5.72. The highest BCUT2D eigenvalue weighted by atomic mass is 19.4. The summed E-state index contributed by atoms with van der Waals surface area (Å²) in [5.41, 5.74) is 0.735. The number of benzene rings is 2. The van der Waals surface area contributed by atoms with Crippen LogP contribution in [0, 0.1) is 5.92 Å². The van der Waals surface area contributed by atoms with Crippen molar-refractivity contribution >= 4 is 22.6 Å². The smallest absolute Gasteiger partial charge is 0.454 e. The fourth-order valence-corrected chi connectivity index (χ4v) is 4.09. The Morgan fingerprint density at radius 1 is 1.06 bits per heavy atom. The minimum absolute atomic E-state index is 0.0254. The van der Waals surface area contributed by atoms with E-state index in [1.165, 1.54) is 10.6 Å². The van der Waals surface area contributed by atoms with Gasteiger partial charge in [0.25, 0.3) is 5.78 Å². The van der Waals surface area contributed by atoms with Crippen molar-refractivity contribution in [2.75, 3.05) is 13.2 Å². The van der Waals surface area contributed by atoms with Gasteiger partial charge < -0.3 is 19.4 Å². The van der Waals surface area contributed by atoms with E-state index in [0.717, 1.165) is 18.2 Å². The number of ketones is 1. The maximum Gasteiger partial charge on any atom is 0.454 e. The average molecular weight is 474 g/mol. The molecule has 3 aromatic rings. The van der Waals surface area contributed by atoms with Crippen LogP contribution in [0.1, 0.15) is 42.2 Å². The number of carbonyl (C=O) groups is 2. The van der Waals surface area contributed by atoms with Crippen LogP contribution in [0.15, 0.2) is 48.7 Å². The van der Waals surface area contributed by atoms with Gasteiger partial charge in [0.05, 0.1) is 24.8 Å². The molecule has 0 saturated heterocycles. The number of fused-ring (bicyclic) bond motifs is 2. The molecule has 2 aromatic carbocycles. The molecule has 4 rings (SSSR count). The number of halogens is 3. The lowest BCUT2D eigenvalue weighted by molar-refractivity contribution is -0.122. The Bertz CT molecular complexity index is 1220. The topological polar surface area (TPSA) is 69.6 Å². The second-order valence-electron chi connectivity index (χ2n) is 8.56. The van der Waals surface area contributed by atoms with Crippen LogP contribution in [-0.4, -0.2) is 35.6 Å². The molecular formula is C25H25F3N2O4. The zero-order chi connectivity index (χ0) is 24.5. The molecule has 1 aliphatic rings. The summed E-state index contributed by atoms with van der Waals surface area (Å²) in [5, 5.41) is 3.13. The zero-order valence-corrected chi connectivity index (χ0v) is 18.8. The molecule has 0 fully saturated rings. The Balaban J connectivity index is 1.58. The summed E-state index contributed by atoms with van der Waals surface area (Å²) in [7, 11) is 0. The standard InChI is InChI=1S/C25H25F3N2O4/c1-15(2)23(16-8-9-20-21(12-16)34-11-5-10-33-20)29-22(31)14-30-13-18(24(32)25(26,27)28)17-6-3-4-7-19(17)30/h3-4,6-9,12-13,15,23H,5,10-11,14H2,1-2H3,(H,29,31)/t23-/m0/s1. The molecule has 0 bridgehead atoms. The molecule has 0 spiro atoms. The molecule has 1 aromatic heterocycles. The largest absolute Gasteiger partial charge is 0.490 e. The number of carbonyl (C=O) groups excluding carboxylic acids is 2. The Morgan fingerprint density at radius 3 is 2.47 bits per heavy atom. The first-order valence-electron chi connectivity index (χ1n) is 11.0. The number of hydrogen-bond acceptors (Lipinski definition) is 4. The van der Waals surface area contributed by atoms with E-state index in [0.29, 0.717) is 30.2 Å². The van der Waals surface area contributed by atoms with Gasteiger partial charge in [0.2, 0.25) is 5.91 Å². The highest BCUT2D eigenvalue weighted by Crippen LogP contribution is 2.34. The van der Waals surface area contributed by atoms with Crippen molar-refractivity contribution in [2.45, 2.75) is 39.0 Å². The number of para-hydroxylation sites is 1. The minimum atomic E-state index is -5.00. The van der Waals surface area contributed by atoms with Crippen LogP contribution in [0.4, 0.5) is 13.2 Å². The number of Topliss-reactive ketones (excluding diaryl/α,β-unsaturated/α-hetero) is 1. The molecule has 0 unspecified atom stereocenters. The van der Waals surface area contributed by atoms with Crippen LogP contribution >= 0.6 is 0 Å². The predicted molar refractivity (Wildman–Crippen MR) is 120 cm³/mol. The SMILES string of the molecule is CC(C)[C@H](NC(=O)Cn1cc(C(=O)C(F)(F)F)c2ccccc21)c1ccc2c(c1)OCCCO2. The van der Waals surface area contributed by atoms with Gasteiger partial charge in [-0.2, -0.15) is 13.2 Å². The van der Waals surface area contributed by atoms with Crippen LogP contribution in [0.25, 0.3) is 10.9 Å². The summed E-state index contributed by atoms with van der Waals surface area (Å²) in [6, 6.07) is 11.4. The summed E-state index contributed by atoms with van der Waals surface area (Å²) < 4.78 is 52.0. The predicted octanol–water partition coefficient (Wildman–Crippen LogP) is 5.06. The van der Waals surface area contributed by atoms with Gasteiger partial charge in [-0.25, -0.2) is 0 Å². The van der Waals surface area contributed by atoms with Crippen molar-refractivity contribution in [3.63, 3.8) is 0 Å². The summed E-state index contributed by atoms with van der Waals surface area (Å²) in [6.45, 7) is 4.78. The normalized spacial score (nSPS) is 14.6. The molecule has 34 heavy (non-hydrogen) atoms. The molecule has 2 heterocycles. The Hall–Kier alpha value is -3.49. The average Bonchev–Trinajstić information content (AvgIpc) is 2.97. The van der Waals surface area contributed by atoms with Gasteiger partial charge >= 0.3 is 6.18 Å². The summed E-state index contributed by atoms with van der Waals surface area (Å²) in [6.07, 6.45) is -3.13. The quantitative estimate of drug-likeness (QED) is 0.507. The van der Waals surface area contributed by atoms with Gasteiger partial charge in [-0.3, -0.25) is 9.59 Å². The zero-order valence-electron chi connectivity index (χ0n) is 18.8. The first-order valence-corrected chi connectivity index (χ1v) is 11.0. The number of amides is 1. The number of nitrogens with one attached hydrogen (secondary N) is 1. The van der Waals surface area contributed by atoms with E-state index >= 15 is 0 Å². The lowest BCUT2D eigenvalue weighted by Gasteiger charge is -2.24. The van der Waals surface area contributed by atoms with E-state index in [1.807, 2.05) is 32.0 Å². The van der Waals surface area contributed by atoms with Crippen molar-refractivity contribution in [3.05, 3.63) is 59.8 Å². The highest BCUT2D eigenvalue weighted by Gasteiger charge is 2.40. The van der Waals surface area contributed by atoms with Gasteiger partial charge in [0.1, 0.15) is 6.54 Å². The fraction of sp³-hybridized carbons (Fsp3) is 0.360. The number of aromatic nitrogens is 1. The molecule has 0 aliphatic carbocycles. The molecule has 1 aliphatic heterocycles. The fourth-order valence-electron chi connectivity index (χ4n) is 4.09. The number of rotatable bonds is 6. The lowest BCUT2D eigenvalue weighted by atomic mass is 9.95. The van der Waals surface area contributed by atoms with E-state index < -0.39 is 23.4 Å². The molecular weight excluding hydrogens is 449 g/mol. The van der Waals surface area contributed by atoms with E-state index in [-0.39, 0.29) is 23.9 Å². The van der Waals surface area contributed by atoms with Crippen LogP contribution < -0.4 is 14.8 Å². The van der Waals surface area contributed by atoms with E-state index in [2.05, 4.69) is 5.32 Å². The third-order valence-electron chi connectivity index (χ3n) is 5.72. The molecule has 180 valence electrons. The van der Waals surface area contributed by atoms with Crippen LogP contribution in [0.2, 0.25) is 0 Å². The van der Waals surface area contributed by atoms with Crippen molar-refractivity contribution in [2.24, 2.45) is 5.92 Å². The number of alkyl halides is 3. The molecule has 0 saturated carbocycles. The molecule has 9 heteroatoms. The summed E-state index contributed by atoms with van der Waals surface area (Å²) in [4.78, 5) is 24.9. The van der Waals surface area contributed by atoms with Gasteiger partial charge in [-0.05, 0) is 29.7 Å². The van der Waals surface area contributed by atoms with Gasteiger partial charge in [-0.1, -0.05) is 38.1 Å². The van der Waals surface area contributed by atoms with Gasteiger partial charge in [-0.15, -0.1) is 0 Å². The van der Waals surface area contributed by atoms with E-state index in [9.17, 15) is 22.8 Å². The first kappa shape index (κ1) is 23.7. The minimum Gasteiger partial charge on any atom is -0.490 e. The second-order valence-corrected chi connectivity index (χ2v) is 8.56. The summed E-state index contributed by atoms with van der Waals surface area (Å²) >= 11 is 0. The van der Waals surface area contributed by atoms with E-state index in [4.69, 9.17) is 9.47 Å². The maximum absolute atomic E-state index is 13.1. The second kappa shape index (κ2) is 9.40. The number of nitrogens with zero attached hydrogens (tertiary/aromatic N) is 1. The molecule has 0 radical (unpaired) electrons. The monoisotopic (exact) mass is 474 g/mol. The van der Waals surface area contributed by atoms with Crippen molar-refractivity contribution < 1.29 is 32.2 Å². The summed E-state index contributed by atoms with van der Waals surface area (Å²) in [5.74, 6) is -1.04. The maximum atomic E-state index is 13.1. The first-order chi connectivity index (χ1) is 16.1. The van der Waals surface area contributed by atoms with Crippen molar-refractivity contribution in [1.29, 1.82) is 0 Å². The van der Waals surface area contributed by atoms with Crippen molar-refractivity contribution in [1.82, 2.24) is 9.88 Å². The number of hydrogen-bond donors (Lipinski definition) is 1. The Kier molecular flexibility index (Phi) is 6.54. The van der Waals surface area contributed by atoms with Crippen LogP contribution in [0.5, 0.6) is 11.5 Å². The lowest BCUT2D eigenvalue weighted by Crippen LogP contribution is -2.34. The third kappa shape index (κ3) is 4.88. The van der Waals surface area contributed by atoms with Crippen LogP contribution in [-0.2, 0) is 11.3 Å². The Morgan fingerprint density at radius 2 is 1.76 bits per heavy atom. The Labute approximate surface area is 194 Å². The highest BCUT2D eigenvalue weighted by molar-refractivity contribution is 6.10.